The molecule has 74 valence electrons. The monoisotopic (exact) mass is 368 g/mol. The molecule has 0 unspecified atom stereocenters. The van der Waals surface area contributed by atoms with E-state index in [0.717, 1.165) is 4.47 Å². The van der Waals surface area contributed by atoms with E-state index in [0.29, 0.717) is 3.70 Å². The van der Waals surface area contributed by atoms with Crippen molar-refractivity contribution in [2.45, 2.75) is 19.1 Å². The van der Waals surface area contributed by atoms with Crippen molar-refractivity contribution in [1.82, 2.24) is 9.78 Å². The average Bonchev–Trinajstić information content (AvgIpc) is 2.27. The highest BCUT2D eigenvalue weighted by atomic mass is 127. The molecule has 13 heavy (non-hydrogen) atoms. The third-order valence-electron chi connectivity index (χ3n) is 1.30. The van der Waals surface area contributed by atoms with Crippen LogP contribution in [0.15, 0.2) is 10.7 Å². The number of nitrogens with zero attached hydrogens (tertiary/aromatic N) is 2. The molecule has 0 N–H and O–H groups in total. The molecule has 0 atom stereocenters. The zero-order valence-electron chi connectivity index (χ0n) is 6.28. The highest BCUT2D eigenvalue weighted by Gasteiger charge is 2.26. The van der Waals surface area contributed by atoms with Gasteiger partial charge in [-0.15, -0.1) is 0 Å². The Morgan fingerprint density at radius 2 is 2.15 bits per heavy atom. The van der Waals surface area contributed by atoms with Crippen LogP contribution in [-0.4, -0.2) is 16.0 Å². The van der Waals surface area contributed by atoms with Gasteiger partial charge >= 0.3 is 6.18 Å². The maximum absolute atomic E-state index is 11.8. The van der Waals surface area contributed by atoms with Gasteiger partial charge in [0.25, 0.3) is 0 Å². The van der Waals surface area contributed by atoms with Crippen LogP contribution in [0.25, 0.3) is 0 Å². The molecular weight excluding hydrogens is 364 g/mol. The van der Waals surface area contributed by atoms with E-state index in [1.807, 2.05) is 22.6 Å². The molecule has 0 saturated carbocycles. The quantitative estimate of drug-likeness (QED) is 0.733. The Hall–Kier alpha value is 0.210. The summed E-state index contributed by atoms with van der Waals surface area (Å²) in [6, 6.07) is 0. The lowest BCUT2D eigenvalue weighted by Crippen LogP contribution is -2.12. The summed E-state index contributed by atoms with van der Waals surface area (Å²) in [5, 5.41) is 3.87. The van der Waals surface area contributed by atoms with Crippen molar-refractivity contribution in [1.29, 1.82) is 0 Å². The van der Waals surface area contributed by atoms with Crippen molar-refractivity contribution in [3.05, 3.63) is 14.4 Å². The molecule has 0 amide bonds. The molecule has 1 rings (SSSR count). The Morgan fingerprint density at radius 1 is 1.54 bits per heavy atom. The topological polar surface area (TPSA) is 17.8 Å². The van der Waals surface area contributed by atoms with Gasteiger partial charge in [0, 0.05) is 12.7 Å². The zero-order valence-corrected chi connectivity index (χ0v) is 10.0. The summed E-state index contributed by atoms with van der Waals surface area (Å²) in [4.78, 5) is 0. The third kappa shape index (κ3) is 3.84. The molecule has 0 spiro atoms. The first-order chi connectivity index (χ1) is 5.88. The Kier molecular flexibility index (Phi) is 3.61. The van der Waals surface area contributed by atoms with E-state index >= 15 is 0 Å². The van der Waals surface area contributed by atoms with Gasteiger partial charge < -0.3 is 0 Å². The standard InChI is InChI=1S/C6H5BrF3IN2/c7-4-3-13(12-5(4)11)2-1-6(8,9)10/h3H,1-2H2. The minimum absolute atomic E-state index is 0.134. The summed E-state index contributed by atoms with van der Waals surface area (Å²) < 4.78 is 38.0. The minimum atomic E-state index is -4.12. The lowest BCUT2D eigenvalue weighted by atomic mass is 10.4. The number of hydrogen-bond donors (Lipinski definition) is 0. The molecule has 7 heteroatoms. The van der Waals surface area contributed by atoms with Crippen molar-refractivity contribution < 1.29 is 13.2 Å². The third-order valence-corrected chi connectivity index (χ3v) is 3.42. The van der Waals surface area contributed by atoms with Gasteiger partial charge in [0.1, 0.15) is 3.70 Å². The molecule has 1 heterocycles. The van der Waals surface area contributed by atoms with E-state index in [-0.39, 0.29) is 6.54 Å². The van der Waals surface area contributed by atoms with Gasteiger partial charge in [-0.05, 0) is 38.5 Å². The number of halogens is 5. The highest BCUT2D eigenvalue weighted by Crippen LogP contribution is 2.22. The van der Waals surface area contributed by atoms with Crippen LogP contribution in [-0.2, 0) is 6.54 Å². The van der Waals surface area contributed by atoms with E-state index in [4.69, 9.17) is 0 Å². The van der Waals surface area contributed by atoms with Crippen molar-refractivity contribution >= 4 is 38.5 Å². The van der Waals surface area contributed by atoms with Crippen LogP contribution in [0.3, 0.4) is 0 Å². The lowest BCUT2D eigenvalue weighted by molar-refractivity contribution is -0.137. The van der Waals surface area contributed by atoms with E-state index in [1.54, 1.807) is 0 Å². The van der Waals surface area contributed by atoms with Crippen molar-refractivity contribution in [2.24, 2.45) is 0 Å². The Morgan fingerprint density at radius 3 is 2.54 bits per heavy atom. The van der Waals surface area contributed by atoms with E-state index in [2.05, 4.69) is 21.0 Å². The lowest BCUT2D eigenvalue weighted by Gasteiger charge is -2.05. The second-order valence-electron chi connectivity index (χ2n) is 2.40. The summed E-state index contributed by atoms with van der Waals surface area (Å²) in [5.41, 5.74) is 0. The van der Waals surface area contributed by atoms with E-state index in [1.165, 1.54) is 10.9 Å². The molecule has 0 radical (unpaired) electrons. The molecule has 2 nitrogen and oxygen atoms in total. The van der Waals surface area contributed by atoms with Gasteiger partial charge in [0.05, 0.1) is 10.9 Å². The highest BCUT2D eigenvalue weighted by molar-refractivity contribution is 14.1. The van der Waals surface area contributed by atoms with Gasteiger partial charge in [-0.1, -0.05) is 0 Å². The van der Waals surface area contributed by atoms with Crippen LogP contribution < -0.4 is 0 Å². The first-order valence-electron chi connectivity index (χ1n) is 3.34. The molecule has 0 saturated heterocycles. The maximum Gasteiger partial charge on any atom is 0.390 e. The molecular formula is C6H5BrF3IN2. The summed E-state index contributed by atoms with van der Waals surface area (Å²) in [5.74, 6) is 0. The van der Waals surface area contributed by atoms with Gasteiger partial charge in [-0.2, -0.15) is 18.3 Å². The molecule has 0 aliphatic rings. The Balaban J connectivity index is 2.56. The predicted octanol–water partition coefficient (Wildman–Crippen LogP) is 3.20. The van der Waals surface area contributed by atoms with Gasteiger partial charge in [0.2, 0.25) is 0 Å². The van der Waals surface area contributed by atoms with Crippen molar-refractivity contribution in [3.8, 4) is 0 Å². The Bertz CT molecular complexity index is 277. The molecule has 0 aliphatic heterocycles. The molecule has 0 bridgehead atoms. The SMILES string of the molecule is FC(F)(F)CCn1cc(Br)c(I)n1. The van der Waals surface area contributed by atoms with Crippen LogP contribution >= 0.6 is 38.5 Å². The van der Waals surface area contributed by atoms with Crippen LogP contribution in [0.1, 0.15) is 6.42 Å². The van der Waals surface area contributed by atoms with Crippen LogP contribution in [0, 0.1) is 3.70 Å². The second-order valence-corrected chi connectivity index (χ2v) is 4.27. The predicted molar refractivity (Wildman–Crippen MR) is 53.3 cm³/mol. The summed E-state index contributed by atoms with van der Waals surface area (Å²) in [7, 11) is 0. The van der Waals surface area contributed by atoms with E-state index in [9.17, 15) is 13.2 Å². The second kappa shape index (κ2) is 4.16. The van der Waals surface area contributed by atoms with Crippen LogP contribution in [0.2, 0.25) is 0 Å². The molecule has 1 aromatic rings. The van der Waals surface area contributed by atoms with Gasteiger partial charge in [-0.3, -0.25) is 4.68 Å². The van der Waals surface area contributed by atoms with Gasteiger partial charge in [-0.25, -0.2) is 0 Å². The van der Waals surface area contributed by atoms with Crippen molar-refractivity contribution in [2.75, 3.05) is 0 Å². The normalized spacial score (nSPS) is 12.1. The average molecular weight is 369 g/mol. The first-order valence-corrected chi connectivity index (χ1v) is 5.21. The smallest absolute Gasteiger partial charge is 0.270 e. The van der Waals surface area contributed by atoms with Crippen LogP contribution in [0.4, 0.5) is 13.2 Å². The van der Waals surface area contributed by atoms with E-state index < -0.39 is 12.6 Å². The fourth-order valence-corrected chi connectivity index (χ4v) is 1.46. The number of aryl methyl sites for hydroxylation is 1. The molecule has 0 aromatic carbocycles. The largest absolute Gasteiger partial charge is 0.390 e. The molecule has 1 aromatic heterocycles. The number of alkyl halides is 3. The number of aromatic nitrogens is 2. The summed E-state index contributed by atoms with van der Waals surface area (Å²) >= 11 is 5.11. The summed E-state index contributed by atoms with van der Waals surface area (Å²) in [6.07, 6.45) is -3.44. The molecule has 0 fully saturated rings. The first kappa shape index (κ1) is 11.3. The van der Waals surface area contributed by atoms with Crippen molar-refractivity contribution in [3.63, 3.8) is 0 Å². The summed E-state index contributed by atoms with van der Waals surface area (Å²) in [6.45, 7) is -0.134. The zero-order chi connectivity index (χ0) is 10.1. The van der Waals surface area contributed by atoms with Crippen LogP contribution in [0.5, 0.6) is 0 Å². The fraction of sp³-hybridized carbons (Fsp3) is 0.500. The fourth-order valence-electron chi connectivity index (χ4n) is 0.729. The minimum Gasteiger partial charge on any atom is -0.270 e. The number of rotatable bonds is 2. The maximum atomic E-state index is 11.8. The molecule has 0 aliphatic carbocycles. The van der Waals surface area contributed by atoms with Gasteiger partial charge in [0.15, 0.2) is 0 Å². The number of hydrogen-bond acceptors (Lipinski definition) is 1. The Labute approximate surface area is 94.8 Å².